The fraction of sp³-hybridized carbons (Fsp3) is 0.389. The van der Waals surface area contributed by atoms with Crippen LogP contribution in [-0.4, -0.2) is 71.2 Å². The Morgan fingerprint density at radius 2 is 2.04 bits per heavy atom. The number of carbonyl (C=O) groups is 1. The van der Waals surface area contributed by atoms with Crippen LogP contribution in [0.25, 0.3) is 27.7 Å². The van der Waals surface area contributed by atoms with E-state index in [4.69, 9.17) is 14.7 Å². The van der Waals surface area contributed by atoms with Gasteiger partial charge in [0.25, 0.3) is 0 Å². The molecule has 0 spiro atoms. The molecule has 7 rings (SSSR count). The molecule has 4 aromatic heterocycles. The lowest BCUT2D eigenvalue weighted by Crippen LogP contribution is -2.33. The van der Waals surface area contributed by atoms with E-state index in [2.05, 4.69) is 55.5 Å². The van der Waals surface area contributed by atoms with Crippen molar-refractivity contribution in [3.05, 3.63) is 71.9 Å². The highest BCUT2D eigenvalue weighted by Gasteiger charge is 2.27. The molecule has 3 N–H and O–H groups in total. The summed E-state index contributed by atoms with van der Waals surface area (Å²) in [6, 6.07) is 10.2. The molecule has 0 saturated carbocycles. The first-order valence-corrected chi connectivity index (χ1v) is 16.5. The smallest absolute Gasteiger partial charge is 0.317 e. The number of hydrogen-bond donors (Lipinski definition) is 3. The van der Waals surface area contributed by atoms with Crippen LogP contribution >= 0.6 is 0 Å². The Morgan fingerprint density at radius 1 is 1.17 bits per heavy atom. The maximum Gasteiger partial charge on any atom is 0.317 e. The van der Waals surface area contributed by atoms with Crippen LogP contribution in [0, 0.1) is 19.3 Å². The van der Waals surface area contributed by atoms with Gasteiger partial charge in [0.1, 0.15) is 6.10 Å². The van der Waals surface area contributed by atoms with Gasteiger partial charge in [-0.1, -0.05) is 32.1 Å². The maximum atomic E-state index is 13.2. The number of nitrogens with one attached hydrogen (secondary N) is 3. The second kappa shape index (κ2) is 12.8. The zero-order valence-electron chi connectivity index (χ0n) is 28.2. The number of likely N-dealkylation sites (tertiary alicyclic amines) is 1. The zero-order chi connectivity index (χ0) is 33.4. The number of ether oxygens (including phenoxy) is 1. The van der Waals surface area contributed by atoms with Crippen molar-refractivity contribution in [1.82, 2.24) is 39.6 Å². The van der Waals surface area contributed by atoms with Crippen molar-refractivity contribution in [2.24, 2.45) is 12.5 Å². The lowest BCUT2D eigenvalue weighted by Gasteiger charge is -2.28. The lowest BCUT2D eigenvalue weighted by atomic mass is 9.78. The molecular formula is C36H42N10O2. The summed E-state index contributed by atoms with van der Waals surface area (Å²) in [5.74, 6) is 1.06. The molecule has 1 aromatic carbocycles. The van der Waals surface area contributed by atoms with Crippen molar-refractivity contribution in [3.63, 3.8) is 0 Å². The first kappa shape index (κ1) is 31.5. The third-order valence-electron chi connectivity index (χ3n) is 9.37. The van der Waals surface area contributed by atoms with E-state index in [1.807, 2.05) is 57.4 Å². The largest absolute Gasteiger partial charge is 0.459 e. The van der Waals surface area contributed by atoms with Gasteiger partial charge in [-0.05, 0) is 68.2 Å². The van der Waals surface area contributed by atoms with Gasteiger partial charge in [-0.2, -0.15) is 10.1 Å². The number of carbonyl (C=O) groups excluding carboxylic acids is 1. The second-order valence-electron chi connectivity index (χ2n) is 13.7. The van der Waals surface area contributed by atoms with Crippen molar-refractivity contribution in [2.45, 2.75) is 59.5 Å². The van der Waals surface area contributed by atoms with Gasteiger partial charge in [0.05, 0.1) is 29.1 Å². The van der Waals surface area contributed by atoms with Gasteiger partial charge >= 0.3 is 6.01 Å². The minimum Gasteiger partial charge on any atom is -0.459 e. The molecule has 1 saturated heterocycles. The SMILES string of the molecule is Cc1cnc(Nc2cc(C)n(C)n2)nc1-c1c[nH]c2c(NC(=O)CN3CCC(Oc4nccc(C5=CCC(C)(C)CC5)n4)C3)cccc12. The number of anilines is 3. The predicted molar refractivity (Wildman–Crippen MR) is 187 cm³/mol. The van der Waals surface area contributed by atoms with Gasteiger partial charge in [-0.25, -0.2) is 15.0 Å². The highest BCUT2D eigenvalue weighted by atomic mass is 16.5. The molecular weight excluding hydrogens is 604 g/mol. The maximum absolute atomic E-state index is 13.2. The number of amides is 1. The molecule has 1 aliphatic carbocycles. The van der Waals surface area contributed by atoms with Crippen molar-refractivity contribution in [1.29, 1.82) is 0 Å². The zero-order valence-corrected chi connectivity index (χ0v) is 28.2. The molecule has 0 bridgehead atoms. The number of aryl methyl sites for hydroxylation is 3. The van der Waals surface area contributed by atoms with Gasteiger partial charge in [0, 0.05) is 61.4 Å². The van der Waals surface area contributed by atoms with Crippen LogP contribution < -0.4 is 15.4 Å². The molecule has 1 atom stereocenters. The van der Waals surface area contributed by atoms with E-state index < -0.39 is 0 Å². The minimum atomic E-state index is -0.0833. The summed E-state index contributed by atoms with van der Waals surface area (Å²) >= 11 is 0. The third kappa shape index (κ3) is 6.79. The first-order valence-electron chi connectivity index (χ1n) is 16.5. The Bertz CT molecular complexity index is 1990. The summed E-state index contributed by atoms with van der Waals surface area (Å²) in [6.45, 7) is 10.2. The summed E-state index contributed by atoms with van der Waals surface area (Å²) in [6.07, 6.45) is 11.7. The van der Waals surface area contributed by atoms with E-state index >= 15 is 0 Å². The molecule has 12 heteroatoms. The topological polar surface area (TPSA) is 139 Å². The summed E-state index contributed by atoms with van der Waals surface area (Å²) in [5.41, 5.74) is 7.79. The van der Waals surface area contributed by atoms with Crippen molar-refractivity contribution in [3.8, 4) is 17.3 Å². The summed E-state index contributed by atoms with van der Waals surface area (Å²) in [5, 5.41) is 11.7. The van der Waals surface area contributed by atoms with Crippen molar-refractivity contribution >= 4 is 39.8 Å². The number of aromatic nitrogens is 7. The third-order valence-corrected chi connectivity index (χ3v) is 9.37. The summed E-state index contributed by atoms with van der Waals surface area (Å²) < 4.78 is 7.99. The molecule has 1 fully saturated rings. The van der Waals surface area contributed by atoms with E-state index in [1.54, 1.807) is 17.1 Å². The molecule has 5 heterocycles. The van der Waals surface area contributed by atoms with Gasteiger partial charge in [-0.3, -0.25) is 14.4 Å². The Morgan fingerprint density at radius 3 is 2.83 bits per heavy atom. The Kier molecular flexibility index (Phi) is 8.42. The molecule has 0 radical (unpaired) electrons. The van der Waals surface area contributed by atoms with E-state index in [-0.39, 0.29) is 18.6 Å². The van der Waals surface area contributed by atoms with Crippen LogP contribution in [0.4, 0.5) is 17.5 Å². The standard InChI is InChI=1S/C36H42N10O2/c1-22-18-39-34(42-30-17-23(2)45(5)44-30)43-32(22)27-19-38-33-26(27)7-6-8-29(33)40-31(47)21-46-16-12-25(20-46)48-35-37-15-11-28(41-35)24-9-13-36(3,4)14-10-24/h6-9,11,15,17-19,25,38H,10,12-14,16,20-21H2,1-5H3,(H,40,47)(H,39,42,43,44). The summed E-state index contributed by atoms with van der Waals surface area (Å²) in [4.78, 5) is 37.1. The number of fused-ring (bicyclic) bond motifs is 1. The van der Waals surface area contributed by atoms with Crippen LogP contribution in [0.5, 0.6) is 6.01 Å². The highest BCUT2D eigenvalue weighted by Crippen LogP contribution is 2.38. The molecule has 1 aliphatic heterocycles. The van der Waals surface area contributed by atoms with E-state index in [0.717, 1.165) is 77.0 Å². The average molecular weight is 647 g/mol. The number of benzene rings is 1. The van der Waals surface area contributed by atoms with Crippen molar-refractivity contribution in [2.75, 3.05) is 30.3 Å². The predicted octanol–water partition coefficient (Wildman–Crippen LogP) is 6.19. The monoisotopic (exact) mass is 646 g/mol. The van der Waals surface area contributed by atoms with E-state index in [9.17, 15) is 4.79 Å². The number of aromatic amines is 1. The number of para-hydroxylation sites is 1. The number of allylic oxidation sites excluding steroid dienone is 2. The van der Waals surface area contributed by atoms with Gasteiger partial charge in [0.2, 0.25) is 11.9 Å². The Hall–Kier alpha value is -5.10. The molecule has 1 unspecified atom stereocenters. The Labute approximate surface area is 280 Å². The first-order chi connectivity index (χ1) is 23.1. The van der Waals surface area contributed by atoms with Crippen LogP contribution in [-0.2, 0) is 11.8 Å². The normalized spacial score (nSPS) is 17.8. The van der Waals surface area contributed by atoms with E-state index in [1.165, 1.54) is 5.57 Å². The number of H-pyrrole nitrogens is 1. The van der Waals surface area contributed by atoms with Gasteiger partial charge in [-0.15, -0.1) is 0 Å². The van der Waals surface area contributed by atoms with Crippen molar-refractivity contribution < 1.29 is 9.53 Å². The molecule has 1 amide bonds. The molecule has 5 aromatic rings. The van der Waals surface area contributed by atoms with Gasteiger partial charge < -0.3 is 20.4 Å². The van der Waals surface area contributed by atoms with E-state index in [0.29, 0.717) is 29.7 Å². The average Bonchev–Trinajstić information content (AvgIpc) is 3.77. The van der Waals surface area contributed by atoms with Crippen LogP contribution in [0.15, 0.2) is 55.0 Å². The second-order valence-corrected chi connectivity index (χ2v) is 13.7. The number of hydrogen-bond acceptors (Lipinski definition) is 9. The molecule has 12 nitrogen and oxygen atoms in total. The fourth-order valence-electron chi connectivity index (χ4n) is 6.43. The fourth-order valence-corrected chi connectivity index (χ4v) is 6.43. The van der Waals surface area contributed by atoms with Gasteiger partial charge in [0.15, 0.2) is 5.82 Å². The summed E-state index contributed by atoms with van der Waals surface area (Å²) in [7, 11) is 1.90. The molecule has 2 aliphatic rings. The van der Waals surface area contributed by atoms with Crippen LogP contribution in [0.3, 0.4) is 0 Å². The lowest BCUT2D eigenvalue weighted by molar-refractivity contribution is -0.117. The highest BCUT2D eigenvalue weighted by molar-refractivity contribution is 6.06. The number of nitrogens with zero attached hydrogens (tertiary/aromatic N) is 7. The molecule has 48 heavy (non-hydrogen) atoms. The van der Waals surface area contributed by atoms with Crippen LogP contribution in [0.2, 0.25) is 0 Å². The minimum absolute atomic E-state index is 0.0705. The quantitative estimate of drug-likeness (QED) is 0.171. The molecule has 248 valence electrons. The Balaban J connectivity index is 0.985. The number of rotatable bonds is 9. The van der Waals surface area contributed by atoms with Crippen LogP contribution in [0.1, 0.15) is 56.5 Å².